The number of nitrogens with one attached hydrogen (secondary N) is 1. The Morgan fingerprint density at radius 3 is 2.95 bits per heavy atom. The van der Waals surface area contributed by atoms with E-state index in [0.29, 0.717) is 23.6 Å². The first kappa shape index (κ1) is 16.2. The number of ether oxygens (including phenoxy) is 1. The highest BCUT2D eigenvalue weighted by atomic mass is 79.9. The van der Waals surface area contributed by atoms with E-state index in [0.717, 1.165) is 14.6 Å². The molecule has 0 spiro atoms. The first-order valence-electron chi connectivity index (χ1n) is 6.45. The lowest BCUT2D eigenvalue weighted by atomic mass is 10.2. The highest BCUT2D eigenvalue weighted by Crippen LogP contribution is 2.38. The van der Waals surface area contributed by atoms with Crippen LogP contribution in [0.1, 0.15) is 16.1 Å². The summed E-state index contributed by atoms with van der Waals surface area (Å²) in [6, 6.07) is 5.49. The van der Waals surface area contributed by atoms with E-state index in [9.17, 15) is 4.79 Å². The van der Waals surface area contributed by atoms with E-state index in [-0.39, 0.29) is 18.6 Å². The average molecular weight is 373 g/mol. The van der Waals surface area contributed by atoms with E-state index in [1.54, 1.807) is 7.11 Å². The standard InChI is InChI=1S/C14H17BrN2O3S/c1-20-7-8(5-6-18)17-14(19)13-12(16)11-9(15)3-2-4-10(11)21-13/h2-4,8,18H,5-7,16H2,1H3,(H,17,19). The summed E-state index contributed by atoms with van der Waals surface area (Å²) in [5.41, 5.74) is 6.58. The molecule has 0 saturated heterocycles. The van der Waals surface area contributed by atoms with Gasteiger partial charge in [0.25, 0.3) is 5.91 Å². The quantitative estimate of drug-likeness (QED) is 0.726. The molecule has 2 aromatic rings. The molecular formula is C14H17BrN2O3S. The number of rotatable bonds is 6. The predicted octanol–water partition coefficient (Wildman–Crippen LogP) is 2.37. The summed E-state index contributed by atoms with van der Waals surface area (Å²) < 4.78 is 6.87. The number of thiophene rings is 1. The molecule has 1 atom stereocenters. The number of benzene rings is 1. The van der Waals surface area contributed by atoms with Gasteiger partial charge in [0, 0.05) is 28.3 Å². The van der Waals surface area contributed by atoms with Crippen LogP contribution in [0.2, 0.25) is 0 Å². The Balaban J connectivity index is 2.27. The molecule has 0 aliphatic carbocycles. The molecule has 1 aromatic heterocycles. The van der Waals surface area contributed by atoms with Crippen molar-refractivity contribution in [2.45, 2.75) is 12.5 Å². The molecule has 1 aromatic carbocycles. The van der Waals surface area contributed by atoms with Gasteiger partial charge in [0.15, 0.2) is 0 Å². The molecule has 1 amide bonds. The molecule has 114 valence electrons. The number of amides is 1. The number of nitrogen functional groups attached to an aromatic ring is 1. The summed E-state index contributed by atoms with van der Waals surface area (Å²) in [7, 11) is 1.56. The van der Waals surface area contributed by atoms with E-state index < -0.39 is 0 Å². The molecule has 0 saturated carbocycles. The third-order valence-corrected chi connectivity index (χ3v) is 4.92. The monoisotopic (exact) mass is 372 g/mol. The number of anilines is 1. The number of nitrogens with two attached hydrogens (primary N) is 1. The van der Waals surface area contributed by atoms with Crippen molar-refractivity contribution in [3.63, 3.8) is 0 Å². The number of methoxy groups -OCH3 is 1. The van der Waals surface area contributed by atoms with Gasteiger partial charge in [-0.05, 0) is 18.6 Å². The van der Waals surface area contributed by atoms with E-state index in [1.807, 2.05) is 18.2 Å². The predicted molar refractivity (Wildman–Crippen MR) is 88.8 cm³/mol. The first-order chi connectivity index (χ1) is 10.1. The minimum absolute atomic E-state index is 0.0121. The average Bonchev–Trinajstić information content (AvgIpc) is 2.78. The number of hydrogen-bond donors (Lipinski definition) is 3. The van der Waals surface area contributed by atoms with E-state index in [2.05, 4.69) is 21.2 Å². The number of carbonyl (C=O) groups is 1. The van der Waals surface area contributed by atoms with Crippen molar-refractivity contribution in [3.8, 4) is 0 Å². The zero-order valence-corrected chi connectivity index (χ0v) is 14.0. The minimum atomic E-state index is -0.240. The van der Waals surface area contributed by atoms with Crippen LogP contribution in [0.25, 0.3) is 10.1 Å². The molecule has 4 N–H and O–H groups in total. The molecular weight excluding hydrogens is 356 g/mol. The van der Waals surface area contributed by atoms with Gasteiger partial charge in [-0.3, -0.25) is 4.79 Å². The number of halogens is 1. The van der Waals surface area contributed by atoms with Crippen molar-refractivity contribution in [2.75, 3.05) is 26.1 Å². The van der Waals surface area contributed by atoms with Gasteiger partial charge in [-0.1, -0.05) is 22.0 Å². The SMILES string of the molecule is COCC(CCO)NC(=O)c1sc2cccc(Br)c2c1N. The summed E-state index contributed by atoms with van der Waals surface area (Å²) >= 11 is 4.81. The smallest absolute Gasteiger partial charge is 0.263 e. The van der Waals surface area contributed by atoms with Crippen molar-refractivity contribution in [1.82, 2.24) is 5.32 Å². The molecule has 0 radical (unpaired) electrons. The zero-order valence-electron chi connectivity index (χ0n) is 11.6. The second kappa shape index (κ2) is 7.22. The summed E-state index contributed by atoms with van der Waals surface area (Å²) in [5.74, 6) is -0.240. The third kappa shape index (κ3) is 3.55. The fourth-order valence-corrected chi connectivity index (χ4v) is 3.87. The second-order valence-electron chi connectivity index (χ2n) is 4.60. The second-order valence-corrected chi connectivity index (χ2v) is 6.50. The van der Waals surface area contributed by atoms with Crippen LogP contribution in [0, 0.1) is 0 Å². The summed E-state index contributed by atoms with van der Waals surface area (Å²) in [4.78, 5) is 12.9. The van der Waals surface area contributed by atoms with E-state index >= 15 is 0 Å². The highest BCUT2D eigenvalue weighted by Gasteiger charge is 2.20. The van der Waals surface area contributed by atoms with Crippen LogP contribution in [0.3, 0.4) is 0 Å². The lowest BCUT2D eigenvalue weighted by Gasteiger charge is -2.16. The van der Waals surface area contributed by atoms with E-state index in [4.69, 9.17) is 15.6 Å². The van der Waals surface area contributed by atoms with Crippen LogP contribution in [-0.2, 0) is 4.74 Å². The van der Waals surface area contributed by atoms with E-state index in [1.165, 1.54) is 11.3 Å². The Morgan fingerprint density at radius 1 is 1.57 bits per heavy atom. The van der Waals surface area contributed by atoms with Gasteiger partial charge in [-0.25, -0.2) is 0 Å². The lowest BCUT2D eigenvalue weighted by molar-refractivity contribution is 0.0883. The maximum absolute atomic E-state index is 12.4. The molecule has 1 heterocycles. The van der Waals surface area contributed by atoms with Crippen LogP contribution >= 0.6 is 27.3 Å². The normalized spacial score (nSPS) is 12.5. The first-order valence-corrected chi connectivity index (χ1v) is 8.06. The Kier molecular flexibility index (Phi) is 5.58. The Morgan fingerprint density at radius 2 is 2.33 bits per heavy atom. The van der Waals surface area contributed by atoms with Crippen LogP contribution in [-0.4, -0.2) is 37.4 Å². The number of hydrogen-bond acceptors (Lipinski definition) is 5. The largest absolute Gasteiger partial charge is 0.397 e. The molecule has 21 heavy (non-hydrogen) atoms. The number of aliphatic hydroxyl groups excluding tert-OH is 1. The Labute approximate surface area is 135 Å². The fraction of sp³-hybridized carbons (Fsp3) is 0.357. The molecule has 0 aliphatic heterocycles. The Bertz CT molecular complexity index is 638. The van der Waals surface area contributed by atoms with Gasteiger partial charge in [0.2, 0.25) is 0 Å². The fourth-order valence-electron chi connectivity index (χ4n) is 2.10. The minimum Gasteiger partial charge on any atom is -0.397 e. The topological polar surface area (TPSA) is 84.6 Å². The maximum atomic E-state index is 12.4. The van der Waals surface area contributed by atoms with Gasteiger partial charge in [0.05, 0.1) is 18.3 Å². The molecule has 0 fully saturated rings. The van der Waals surface area contributed by atoms with Crippen LogP contribution in [0.4, 0.5) is 5.69 Å². The van der Waals surface area contributed by atoms with Gasteiger partial charge in [0.1, 0.15) is 4.88 Å². The van der Waals surface area contributed by atoms with Gasteiger partial charge >= 0.3 is 0 Å². The molecule has 1 unspecified atom stereocenters. The maximum Gasteiger partial charge on any atom is 0.263 e. The van der Waals surface area contributed by atoms with Crippen LogP contribution in [0.15, 0.2) is 22.7 Å². The van der Waals surface area contributed by atoms with Crippen LogP contribution in [0.5, 0.6) is 0 Å². The summed E-state index contributed by atoms with van der Waals surface area (Å²) in [6.07, 6.45) is 0.439. The number of carbonyl (C=O) groups excluding carboxylic acids is 1. The molecule has 0 bridgehead atoms. The third-order valence-electron chi connectivity index (χ3n) is 3.09. The van der Waals surface area contributed by atoms with Gasteiger partial charge < -0.3 is 20.9 Å². The highest BCUT2D eigenvalue weighted by molar-refractivity contribution is 9.10. The van der Waals surface area contributed by atoms with Crippen molar-refractivity contribution >= 4 is 48.9 Å². The molecule has 7 heteroatoms. The van der Waals surface area contributed by atoms with Crippen LogP contribution < -0.4 is 11.1 Å². The molecule has 0 aliphatic rings. The van der Waals surface area contributed by atoms with Gasteiger partial charge in [-0.2, -0.15) is 0 Å². The van der Waals surface area contributed by atoms with Crippen molar-refractivity contribution in [3.05, 3.63) is 27.5 Å². The summed E-state index contributed by atoms with van der Waals surface area (Å²) in [6.45, 7) is 0.336. The lowest BCUT2D eigenvalue weighted by Crippen LogP contribution is -2.38. The molecule has 2 rings (SSSR count). The van der Waals surface area contributed by atoms with Crippen molar-refractivity contribution < 1.29 is 14.6 Å². The number of fused-ring (bicyclic) bond motifs is 1. The summed E-state index contributed by atoms with van der Waals surface area (Å²) in [5, 5.41) is 12.7. The van der Waals surface area contributed by atoms with Crippen molar-refractivity contribution in [2.24, 2.45) is 0 Å². The van der Waals surface area contributed by atoms with Gasteiger partial charge in [-0.15, -0.1) is 11.3 Å². The van der Waals surface area contributed by atoms with Crippen molar-refractivity contribution in [1.29, 1.82) is 0 Å². The Hall–Kier alpha value is -1.15. The zero-order chi connectivity index (χ0) is 15.4. The number of aliphatic hydroxyl groups is 1. The molecule has 5 nitrogen and oxygen atoms in total.